The first kappa shape index (κ1) is 15.8. The lowest BCUT2D eigenvalue weighted by atomic mass is 9.83. The predicted molar refractivity (Wildman–Crippen MR) is 89.0 cm³/mol. The summed E-state index contributed by atoms with van der Waals surface area (Å²) in [5.74, 6) is 2.25. The first-order chi connectivity index (χ1) is 11.6. The van der Waals surface area contributed by atoms with Gasteiger partial charge in [0, 0.05) is 30.8 Å². The zero-order valence-electron chi connectivity index (χ0n) is 13.9. The number of aromatic nitrogens is 2. The fraction of sp³-hybridized carbons (Fsp3) is 0.588. The SMILES string of the molecule is Cc1nnc(C[C@@H]2OC[C@H]3CN(C(=O)c4ccc(C)s4)CC[C@H]32)o1. The summed E-state index contributed by atoms with van der Waals surface area (Å²) in [6.07, 6.45) is 1.76. The van der Waals surface area contributed by atoms with Gasteiger partial charge in [0.1, 0.15) is 0 Å². The third-order valence-electron chi connectivity index (χ3n) is 4.98. The second kappa shape index (κ2) is 6.29. The van der Waals surface area contributed by atoms with E-state index in [-0.39, 0.29) is 12.0 Å². The van der Waals surface area contributed by atoms with Crippen molar-refractivity contribution in [3.63, 3.8) is 0 Å². The van der Waals surface area contributed by atoms with Gasteiger partial charge in [-0.1, -0.05) is 0 Å². The molecule has 2 aliphatic heterocycles. The molecule has 2 aromatic heterocycles. The van der Waals surface area contributed by atoms with Crippen LogP contribution in [0.5, 0.6) is 0 Å². The molecule has 4 rings (SSSR count). The number of carbonyl (C=O) groups is 1. The smallest absolute Gasteiger partial charge is 0.263 e. The Kier molecular flexibility index (Phi) is 4.14. The van der Waals surface area contributed by atoms with Crippen molar-refractivity contribution in [1.29, 1.82) is 0 Å². The van der Waals surface area contributed by atoms with Gasteiger partial charge in [0.2, 0.25) is 11.8 Å². The quantitative estimate of drug-likeness (QED) is 0.853. The third-order valence-corrected chi connectivity index (χ3v) is 5.97. The Morgan fingerprint density at radius 3 is 2.96 bits per heavy atom. The molecular weight excluding hydrogens is 326 g/mol. The van der Waals surface area contributed by atoms with Crippen LogP contribution < -0.4 is 0 Å². The van der Waals surface area contributed by atoms with Gasteiger partial charge in [-0.25, -0.2) is 0 Å². The Bertz CT molecular complexity index is 741. The fourth-order valence-corrected chi connectivity index (χ4v) is 4.61. The van der Waals surface area contributed by atoms with Crippen molar-refractivity contribution >= 4 is 17.2 Å². The molecule has 0 N–H and O–H groups in total. The molecule has 2 saturated heterocycles. The lowest BCUT2D eigenvalue weighted by Gasteiger charge is -2.35. The monoisotopic (exact) mass is 347 g/mol. The van der Waals surface area contributed by atoms with Crippen LogP contribution in [0.2, 0.25) is 0 Å². The van der Waals surface area contributed by atoms with E-state index in [9.17, 15) is 4.79 Å². The maximum atomic E-state index is 12.6. The molecule has 0 unspecified atom stereocenters. The van der Waals surface area contributed by atoms with Crippen LogP contribution in [0.15, 0.2) is 16.5 Å². The van der Waals surface area contributed by atoms with E-state index in [2.05, 4.69) is 10.2 Å². The largest absolute Gasteiger partial charge is 0.425 e. The second-order valence-corrected chi connectivity index (χ2v) is 7.95. The number of thiophene rings is 1. The topological polar surface area (TPSA) is 68.5 Å². The van der Waals surface area contributed by atoms with Gasteiger partial charge in [-0.05, 0) is 31.4 Å². The number of likely N-dealkylation sites (tertiary alicyclic amines) is 1. The summed E-state index contributed by atoms with van der Waals surface area (Å²) in [5.41, 5.74) is 0. The molecule has 0 spiro atoms. The number of carbonyl (C=O) groups excluding carboxylic acids is 1. The summed E-state index contributed by atoms with van der Waals surface area (Å²) < 4.78 is 11.5. The number of nitrogens with zero attached hydrogens (tertiary/aromatic N) is 3. The average molecular weight is 347 g/mol. The number of amides is 1. The van der Waals surface area contributed by atoms with Crippen LogP contribution in [0.4, 0.5) is 0 Å². The molecule has 3 atom stereocenters. The lowest BCUT2D eigenvalue weighted by Crippen LogP contribution is -2.44. The second-order valence-electron chi connectivity index (χ2n) is 6.66. The molecule has 0 radical (unpaired) electrons. The van der Waals surface area contributed by atoms with Gasteiger partial charge >= 0.3 is 0 Å². The first-order valence-corrected chi connectivity index (χ1v) is 9.18. The van der Waals surface area contributed by atoms with Crippen LogP contribution in [0, 0.1) is 25.7 Å². The number of piperidine rings is 1. The van der Waals surface area contributed by atoms with E-state index in [0.29, 0.717) is 36.6 Å². The average Bonchev–Trinajstić information content (AvgIpc) is 3.28. The highest BCUT2D eigenvalue weighted by molar-refractivity contribution is 7.13. The summed E-state index contributed by atoms with van der Waals surface area (Å²) in [6, 6.07) is 3.94. The van der Waals surface area contributed by atoms with Crippen molar-refractivity contribution in [2.24, 2.45) is 11.8 Å². The van der Waals surface area contributed by atoms with Gasteiger partial charge in [-0.3, -0.25) is 4.79 Å². The molecule has 2 aromatic rings. The van der Waals surface area contributed by atoms with E-state index < -0.39 is 0 Å². The fourth-order valence-electron chi connectivity index (χ4n) is 3.78. The predicted octanol–water partition coefficient (Wildman–Crippen LogP) is 2.47. The standard InChI is InChI=1S/C17H21N3O3S/c1-10-3-4-15(24-10)17(21)20-6-5-13-12(8-20)9-22-14(13)7-16-19-18-11(2)23-16/h3-4,12-14H,5-9H2,1-2H3/t12-,13-,14+/m1/s1. The van der Waals surface area contributed by atoms with Crippen molar-refractivity contribution in [3.8, 4) is 0 Å². The van der Waals surface area contributed by atoms with E-state index in [0.717, 1.165) is 24.4 Å². The molecule has 0 saturated carbocycles. The van der Waals surface area contributed by atoms with Crippen LogP contribution >= 0.6 is 11.3 Å². The van der Waals surface area contributed by atoms with E-state index in [1.807, 2.05) is 24.0 Å². The van der Waals surface area contributed by atoms with E-state index in [1.165, 1.54) is 4.88 Å². The molecule has 2 aliphatic rings. The highest BCUT2D eigenvalue weighted by Gasteiger charge is 2.42. The van der Waals surface area contributed by atoms with Crippen LogP contribution in [-0.2, 0) is 11.2 Å². The summed E-state index contributed by atoms with van der Waals surface area (Å²) in [7, 11) is 0. The van der Waals surface area contributed by atoms with Gasteiger partial charge in [0.25, 0.3) is 5.91 Å². The van der Waals surface area contributed by atoms with Gasteiger partial charge < -0.3 is 14.1 Å². The highest BCUT2D eigenvalue weighted by atomic mass is 32.1. The van der Waals surface area contributed by atoms with E-state index >= 15 is 0 Å². The summed E-state index contributed by atoms with van der Waals surface area (Å²) >= 11 is 1.57. The van der Waals surface area contributed by atoms with E-state index in [4.69, 9.17) is 9.15 Å². The normalized spacial score (nSPS) is 26.6. The minimum Gasteiger partial charge on any atom is -0.425 e. The van der Waals surface area contributed by atoms with Gasteiger partial charge in [-0.15, -0.1) is 21.5 Å². The first-order valence-electron chi connectivity index (χ1n) is 8.36. The molecular formula is C17H21N3O3S. The molecule has 7 heteroatoms. The molecule has 128 valence electrons. The minimum atomic E-state index is 0.121. The Morgan fingerprint density at radius 1 is 1.38 bits per heavy atom. The molecule has 6 nitrogen and oxygen atoms in total. The highest BCUT2D eigenvalue weighted by Crippen LogP contribution is 2.36. The van der Waals surface area contributed by atoms with Crippen molar-refractivity contribution in [1.82, 2.24) is 15.1 Å². The lowest BCUT2D eigenvalue weighted by molar-refractivity contribution is 0.0608. The maximum absolute atomic E-state index is 12.6. The Morgan fingerprint density at radius 2 is 2.25 bits per heavy atom. The summed E-state index contributed by atoms with van der Waals surface area (Å²) in [6.45, 7) is 6.10. The summed E-state index contributed by atoms with van der Waals surface area (Å²) in [4.78, 5) is 16.6. The summed E-state index contributed by atoms with van der Waals surface area (Å²) in [5, 5.41) is 7.95. The van der Waals surface area contributed by atoms with Crippen LogP contribution in [0.3, 0.4) is 0 Å². The van der Waals surface area contributed by atoms with Gasteiger partial charge in [0.15, 0.2) is 0 Å². The van der Waals surface area contributed by atoms with Crippen molar-refractivity contribution in [3.05, 3.63) is 33.7 Å². The van der Waals surface area contributed by atoms with Crippen LogP contribution in [0.25, 0.3) is 0 Å². The zero-order valence-corrected chi connectivity index (χ0v) is 14.7. The van der Waals surface area contributed by atoms with Gasteiger partial charge in [-0.2, -0.15) is 0 Å². The Balaban J connectivity index is 1.39. The molecule has 4 heterocycles. The zero-order chi connectivity index (χ0) is 16.7. The van der Waals surface area contributed by atoms with Crippen LogP contribution in [-0.4, -0.2) is 46.8 Å². The van der Waals surface area contributed by atoms with Gasteiger partial charge in [0.05, 0.1) is 24.0 Å². The molecule has 0 aromatic carbocycles. The molecule has 24 heavy (non-hydrogen) atoms. The number of hydrogen-bond donors (Lipinski definition) is 0. The number of aryl methyl sites for hydroxylation is 2. The molecule has 1 amide bonds. The number of rotatable bonds is 3. The number of ether oxygens (including phenoxy) is 1. The Labute approximate surface area is 144 Å². The minimum absolute atomic E-state index is 0.121. The number of fused-ring (bicyclic) bond motifs is 1. The Hall–Kier alpha value is -1.73. The molecule has 0 aliphatic carbocycles. The van der Waals surface area contributed by atoms with Crippen molar-refractivity contribution in [2.45, 2.75) is 32.8 Å². The maximum Gasteiger partial charge on any atom is 0.263 e. The van der Waals surface area contributed by atoms with Crippen molar-refractivity contribution in [2.75, 3.05) is 19.7 Å². The third kappa shape index (κ3) is 2.98. The number of hydrogen-bond acceptors (Lipinski definition) is 6. The van der Waals surface area contributed by atoms with Crippen LogP contribution in [0.1, 0.15) is 32.8 Å². The van der Waals surface area contributed by atoms with Crippen molar-refractivity contribution < 1.29 is 13.9 Å². The van der Waals surface area contributed by atoms with E-state index in [1.54, 1.807) is 18.3 Å². The molecule has 0 bridgehead atoms. The molecule has 2 fully saturated rings.